The Balaban J connectivity index is 2.99. The maximum Gasteiger partial charge on any atom is 0.471 e. The third-order valence-corrected chi connectivity index (χ3v) is 2.17. The molecule has 4 nitrogen and oxygen atoms in total. The lowest BCUT2D eigenvalue weighted by Crippen LogP contribution is -2.42. The van der Waals surface area contributed by atoms with Crippen LogP contribution in [0.25, 0.3) is 0 Å². The Morgan fingerprint density at radius 1 is 1.21 bits per heavy atom. The van der Waals surface area contributed by atoms with E-state index < -0.39 is 29.9 Å². The molecule has 0 aromatic heterocycles. The second-order valence-corrected chi connectivity index (χ2v) is 3.48. The van der Waals surface area contributed by atoms with Gasteiger partial charge >= 0.3 is 18.1 Å². The predicted octanol–water partition coefficient (Wildman–Crippen LogP) is 1.72. The lowest BCUT2D eigenvalue weighted by atomic mass is 10.1. The number of alkyl halides is 3. The Hall–Kier alpha value is -2.12. The second kappa shape index (κ2) is 5.68. The smallest absolute Gasteiger partial charge is 0.467 e. The maximum atomic E-state index is 12.7. The van der Waals surface area contributed by atoms with Crippen molar-refractivity contribution < 1.29 is 31.9 Å². The number of hydrogen-bond acceptors (Lipinski definition) is 3. The summed E-state index contributed by atoms with van der Waals surface area (Å²) in [6.45, 7) is 0. The number of ether oxygens (including phenoxy) is 1. The van der Waals surface area contributed by atoms with Gasteiger partial charge in [-0.25, -0.2) is 9.18 Å². The molecule has 1 aromatic carbocycles. The summed E-state index contributed by atoms with van der Waals surface area (Å²) in [5.41, 5.74) is -0.0224. The summed E-state index contributed by atoms with van der Waals surface area (Å²) in [5.74, 6) is -4.01. The monoisotopic (exact) mass is 279 g/mol. The summed E-state index contributed by atoms with van der Waals surface area (Å²) in [5, 5.41) is 1.48. The molecule has 0 unspecified atom stereocenters. The number of nitrogens with one attached hydrogen (secondary N) is 1. The van der Waals surface area contributed by atoms with Crippen LogP contribution in [0.4, 0.5) is 17.6 Å². The van der Waals surface area contributed by atoms with E-state index in [9.17, 15) is 27.2 Å². The van der Waals surface area contributed by atoms with Crippen LogP contribution < -0.4 is 5.32 Å². The van der Waals surface area contributed by atoms with E-state index in [0.29, 0.717) is 0 Å². The molecule has 0 bridgehead atoms. The van der Waals surface area contributed by atoms with Crippen LogP contribution in [0.3, 0.4) is 0 Å². The highest BCUT2D eigenvalue weighted by Gasteiger charge is 2.41. The molecule has 0 radical (unpaired) electrons. The zero-order chi connectivity index (χ0) is 14.6. The van der Waals surface area contributed by atoms with Gasteiger partial charge in [0.2, 0.25) is 0 Å². The van der Waals surface area contributed by atoms with Gasteiger partial charge in [-0.15, -0.1) is 0 Å². The number of benzene rings is 1. The number of carbonyl (C=O) groups is 2. The Kier molecular flexibility index (Phi) is 4.47. The highest BCUT2D eigenvalue weighted by atomic mass is 19.4. The second-order valence-electron chi connectivity index (χ2n) is 3.48. The van der Waals surface area contributed by atoms with Gasteiger partial charge in [-0.2, -0.15) is 13.2 Å². The van der Waals surface area contributed by atoms with Gasteiger partial charge in [0, 0.05) is 0 Å². The molecule has 0 heterocycles. The number of carbonyl (C=O) groups excluding carboxylic acids is 2. The molecule has 104 valence electrons. The van der Waals surface area contributed by atoms with E-state index in [1.807, 2.05) is 0 Å². The Morgan fingerprint density at radius 3 is 2.16 bits per heavy atom. The summed E-state index contributed by atoms with van der Waals surface area (Å²) >= 11 is 0. The van der Waals surface area contributed by atoms with Crippen molar-refractivity contribution in [3.63, 3.8) is 0 Å². The summed E-state index contributed by atoms with van der Waals surface area (Å²) in [6.07, 6.45) is -5.13. The van der Waals surface area contributed by atoms with Crippen LogP contribution in [0.15, 0.2) is 24.3 Å². The van der Waals surface area contributed by atoms with Crippen LogP contribution in [-0.4, -0.2) is 25.2 Å². The summed E-state index contributed by atoms with van der Waals surface area (Å²) < 4.78 is 53.4. The molecule has 0 spiro atoms. The minimum atomic E-state index is -5.13. The Labute approximate surface area is 105 Å². The predicted molar refractivity (Wildman–Crippen MR) is 55.4 cm³/mol. The summed E-state index contributed by atoms with van der Waals surface area (Å²) in [7, 11) is 0.957. The van der Waals surface area contributed by atoms with Crippen LogP contribution in [0.1, 0.15) is 11.6 Å². The number of amides is 1. The van der Waals surface area contributed by atoms with Gasteiger partial charge in [0.05, 0.1) is 7.11 Å². The van der Waals surface area contributed by atoms with Crippen molar-refractivity contribution >= 4 is 11.9 Å². The van der Waals surface area contributed by atoms with Crippen molar-refractivity contribution in [1.29, 1.82) is 0 Å². The molecule has 1 atom stereocenters. The number of rotatable bonds is 3. The van der Waals surface area contributed by atoms with Crippen molar-refractivity contribution in [3.8, 4) is 0 Å². The van der Waals surface area contributed by atoms with E-state index in [4.69, 9.17) is 0 Å². The molecular weight excluding hydrogens is 270 g/mol. The first-order valence-electron chi connectivity index (χ1n) is 4.96. The van der Waals surface area contributed by atoms with Gasteiger partial charge in [0.25, 0.3) is 0 Å². The molecule has 0 fully saturated rings. The van der Waals surface area contributed by atoms with Gasteiger partial charge < -0.3 is 10.1 Å². The Bertz CT molecular complexity index is 470. The highest BCUT2D eigenvalue weighted by Crippen LogP contribution is 2.20. The van der Waals surface area contributed by atoms with Crippen molar-refractivity contribution in [1.82, 2.24) is 5.32 Å². The van der Waals surface area contributed by atoms with Crippen molar-refractivity contribution in [2.45, 2.75) is 12.2 Å². The molecule has 0 saturated heterocycles. The first kappa shape index (κ1) is 14.9. The number of methoxy groups -OCH3 is 1. The summed E-state index contributed by atoms with van der Waals surface area (Å²) in [4.78, 5) is 22.2. The van der Waals surface area contributed by atoms with Crippen molar-refractivity contribution in [3.05, 3.63) is 35.6 Å². The fourth-order valence-electron chi connectivity index (χ4n) is 1.26. The molecule has 1 aromatic rings. The SMILES string of the molecule is COC(=O)[C@@H](NC(=O)C(F)(F)F)c1ccc(F)cc1. The van der Waals surface area contributed by atoms with E-state index in [2.05, 4.69) is 4.74 Å². The normalized spacial score (nSPS) is 12.7. The lowest BCUT2D eigenvalue weighted by molar-refractivity contribution is -0.175. The molecule has 0 saturated carbocycles. The van der Waals surface area contributed by atoms with Gasteiger partial charge in [-0.1, -0.05) is 12.1 Å². The maximum absolute atomic E-state index is 12.7. The summed E-state index contributed by atoms with van der Waals surface area (Å²) in [6, 6.07) is 2.40. The van der Waals surface area contributed by atoms with E-state index in [0.717, 1.165) is 31.4 Å². The molecule has 1 rings (SSSR count). The topological polar surface area (TPSA) is 55.4 Å². The molecule has 1 amide bonds. The van der Waals surface area contributed by atoms with E-state index in [1.165, 1.54) is 5.32 Å². The molecule has 19 heavy (non-hydrogen) atoms. The van der Waals surface area contributed by atoms with Crippen LogP contribution >= 0.6 is 0 Å². The number of hydrogen-bond donors (Lipinski definition) is 1. The fraction of sp³-hybridized carbons (Fsp3) is 0.273. The largest absolute Gasteiger partial charge is 0.471 e. The first-order chi connectivity index (χ1) is 8.75. The average Bonchev–Trinajstić information content (AvgIpc) is 2.35. The molecular formula is C11H9F4NO3. The molecule has 8 heteroatoms. The number of esters is 1. The highest BCUT2D eigenvalue weighted by molar-refractivity contribution is 5.88. The first-order valence-corrected chi connectivity index (χ1v) is 4.96. The van der Waals surface area contributed by atoms with Gasteiger partial charge in [-0.3, -0.25) is 4.79 Å². The quantitative estimate of drug-likeness (QED) is 0.677. The van der Waals surface area contributed by atoms with E-state index in [-0.39, 0.29) is 5.56 Å². The van der Waals surface area contributed by atoms with Gasteiger partial charge in [0.15, 0.2) is 6.04 Å². The zero-order valence-corrected chi connectivity index (χ0v) is 9.62. The Morgan fingerprint density at radius 2 is 1.74 bits per heavy atom. The zero-order valence-electron chi connectivity index (χ0n) is 9.62. The fourth-order valence-corrected chi connectivity index (χ4v) is 1.26. The van der Waals surface area contributed by atoms with E-state index in [1.54, 1.807) is 0 Å². The van der Waals surface area contributed by atoms with Crippen LogP contribution in [0.5, 0.6) is 0 Å². The third kappa shape index (κ3) is 3.94. The van der Waals surface area contributed by atoms with Crippen molar-refractivity contribution in [2.24, 2.45) is 0 Å². The van der Waals surface area contributed by atoms with Crippen LogP contribution in [-0.2, 0) is 14.3 Å². The molecule has 0 aliphatic heterocycles. The minimum absolute atomic E-state index is 0.0224. The molecule has 0 aliphatic carbocycles. The van der Waals surface area contributed by atoms with Crippen LogP contribution in [0.2, 0.25) is 0 Å². The van der Waals surface area contributed by atoms with Crippen LogP contribution in [0, 0.1) is 5.82 Å². The van der Waals surface area contributed by atoms with E-state index >= 15 is 0 Å². The third-order valence-electron chi connectivity index (χ3n) is 2.17. The van der Waals surface area contributed by atoms with Gasteiger partial charge in [0.1, 0.15) is 5.82 Å². The average molecular weight is 279 g/mol. The number of halogens is 4. The molecule has 0 aliphatic rings. The lowest BCUT2D eigenvalue weighted by Gasteiger charge is -2.17. The van der Waals surface area contributed by atoms with Gasteiger partial charge in [-0.05, 0) is 17.7 Å². The minimum Gasteiger partial charge on any atom is -0.467 e. The standard InChI is InChI=1S/C11H9F4NO3/c1-19-9(17)8(16-10(18)11(13,14)15)6-2-4-7(12)5-3-6/h2-5,8H,1H3,(H,16,18)/t8-/m0/s1. The molecule has 1 N–H and O–H groups in total. The van der Waals surface area contributed by atoms with Crippen molar-refractivity contribution in [2.75, 3.05) is 7.11 Å².